The predicted octanol–water partition coefficient (Wildman–Crippen LogP) is 1.56. The summed E-state index contributed by atoms with van der Waals surface area (Å²) >= 11 is 0. The Morgan fingerprint density at radius 2 is 2.07 bits per heavy atom. The minimum absolute atomic E-state index is 0.125. The zero-order valence-electron chi connectivity index (χ0n) is 8.41. The number of carbonyl (C=O) groups is 1. The summed E-state index contributed by atoms with van der Waals surface area (Å²) < 4.78 is 5.13. The van der Waals surface area contributed by atoms with E-state index in [2.05, 4.69) is 0 Å². The number of rotatable bonds is 1. The van der Waals surface area contributed by atoms with Gasteiger partial charge in [0.1, 0.15) is 5.75 Å². The van der Waals surface area contributed by atoms with Gasteiger partial charge in [-0.05, 0) is 23.3 Å². The molecule has 3 heteroatoms. The summed E-state index contributed by atoms with van der Waals surface area (Å²) in [5, 5.41) is 0. The quantitative estimate of drug-likeness (QED) is 0.674. The third kappa shape index (κ3) is 1.45. The molecule has 0 atom stereocenters. The lowest BCUT2D eigenvalue weighted by atomic mass is 10.1. The van der Waals surface area contributed by atoms with Crippen molar-refractivity contribution >= 4 is 5.91 Å². The molecule has 0 spiro atoms. The van der Waals surface area contributed by atoms with E-state index in [0.29, 0.717) is 6.54 Å². The van der Waals surface area contributed by atoms with Crippen molar-refractivity contribution in [3.05, 3.63) is 29.3 Å². The number of amides is 1. The van der Waals surface area contributed by atoms with Crippen LogP contribution in [-0.2, 0) is 17.9 Å². The van der Waals surface area contributed by atoms with Gasteiger partial charge in [-0.25, -0.2) is 0 Å². The highest BCUT2D eigenvalue weighted by atomic mass is 16.5. The summed E-state index contributed by atoms with van der Waals surface area (Å²) in [6, 6.07) is 5.96. The van der Waals surface area contributed by atoms with Crippen molar-refractivity contribution in [2.75, 3.05) is 7.11 Å². The van der Waals surface area contributed by atoms with E-state index in [1.54, 1.807) is 14.0 Å². The fourth-order valence-corrected chi connectivity index (χ4v) is 1.72. The second-order valence-corrected chi connectivity index (χ2v) is 3.51. The third-order valence-corrected chi connectivity index (χ3v) is 2.58. The second-order valence-electron chi connectivity index (χ2n) is 3.51. The van der Waals surface area contributed by atoms with Gasteiger partial charge in [0.15, 0.2) is 0 Å². The van der Waals surface area contributed by atoms with Crippen LogP contribution in [0, 0.1) is 0 Å². The van der Waals surface area contributed by atoms with E-state index in [1.807, 2.05) is 23.1 Å². The van der Waals surface area contributed by atoms with Crippen LogP contribution in [0.25, 0.3) is 0 Å². The molecule has 0 N–H and O–H groups in total. The summed E-state index contributed by atoms with van der Waals surface area (Å²) in [6.07, 6.45) is 0. The summed E-state index contributed by atoms with van der Waals surface area (Å²) in [5.74, 6) is 0.981. The van der Waals surface area contributed by atoms with Gasteiger partial charge in [-0.15, -0.1) is 0 Å². The van der Waals surface area contributed by atoms with Crippen LogP contribution in [0.5, 0.6) is 5.75 Å². The minimum atomic E-state index is 0.125. The Morgan fingerprint density at radius 1 is 1.36 bits per heavy atom. The van der Waals surface area contributed by atoms with Gasteiger partial charge in [0, 0.05) is 20.0 Å². The van der Waals surface area contributed by atoms with Crippen LogP contribution < -0.4 is 4.74 Å². The molecule has 0 saturated heterocycles. The summed E-state index contributed by atoms with van der Waals surface area (Å²) in [7, 11) is 1.65. The average Bonchev–Trinajstić information content (AvgIpc) is 2.59. The van der Waals surface area contributed by atoms with Crippen molar-refractivity contribution in [3.63, 3.8) is 0 Å². The lowest BCUT2D eigenvalue weighted by Crippen LogP contribution is -2.21. The molecule has 3 nitrogen and oxygen atoms in total. The number of hydrogen-bond donors (Lipinski definition) is 0. The number of methoxy groups -OCH3 is 1. The van der Waals surface area contributed by atoms with Crippen LogP contribution in [-0.4, -0.2) is 17.9 Å². The van der Waals surface area contributed by atoms with E-state index in [4.69, 9.17) is 4.74 Å². The number of benzene rings is 1. The van der Waals surface area contributed by atoms with Crippen LogP contribution in [0.2, 0.25) is 0 Å². The summed E-state index contributed by atoms with van der Waals surface area (Å²) in [4.78, 5) is 13.0. The predicted molar refractivity (Wildman–Crippen MR) is 52.9 cm³/mol. The van der Waals surface area contributed by atoms with Crippen molar-refractivity contribution in [3.8, 4) is 5.75 Å². The lowest BCUT2D eigenvalue weighted by molar-refractivity contribution is -0.129. The maximum atomic E-state index is 11.2. The monoisotopic (exact) mass is 191 g/mol. The van der Waals surface area contributed by atoms with Gasteiger partial charge in [0.05, 0.1) is 7.11 Å². The SMILES string of the molecule is COc1ccc2c(c1)CN(C(C)=O)C2. The van der Waals surface area contributed by atoms with Crippen LogP contribution in [0.3, 0.4) is 0 Å². The molecule has 1 aliphatic rings. The van der Waals surface area contributed by atoms with E-state index >= 15 is 0 Å². The fraction of sp³-hybridized carbons (Fsp3) is 0.364. The Kier molecular flexibility index (Phi) is 2.15. The normalized spacial score (nSPS) is 14.0. The molecule has 0 fully saturated rings. The highest BCUT2D eigenvalue weighted by Gasteiger charge is 2.20. The van der Waals surface area contributed by atoms with Gasteiger partial charge in [0.25, 0.3) is 0 Å². The molecular weight excluding hydrogens is 178 g/mol. The van der Waals surface area contributed by atoms with Crippen molar-refractivity contribution in [2.45, 2.75) is 20.0 Å². The van der Waals surface area contributed by atoms with E-state index in [9.17, 15) is 4.79 Å². The van der Waals surface area contributed by atoms with Gasteiger partial charge in [0.2, 0.25) is 5.91 Å². The van der Waals surface area contributed by atoms with Crippen LogP contribution in [0.15, 0.2) is 18.2 Å². The van der Waals surface area contributed by atoms with E-state index in [-0.39, 0.29) is 5.91 Å². The number of fused-ring (bicyclic) bond motifs is 1. The Morgan fingerprint density at radius 3 is 2.71 bits per heavy atom. The molecule has 1 aromatic rings. The first-order chi connectivity index (χ1) is 6.70. The smallest absolute Gasteiger partial charge is 0.220 e. The molecule has 2 rings (SSSR count). The van der Waals surface area contributed by atoms with Gasteiger partial charge >= 0.3 is 0 Å². The van der Waals surface area contributed by atoms with Crippen LogP contribution in [0.1, 0.15) is 18.1 Å². The molecule has 1 heterocycles. The topological polar surface area (TPSA) is 29.5 Å². The second kappa shape index (κ2) is 3.33. The molecule has 0 bridgehead atoms. The first kappa shape index (κ1) is 9.06. The van der Waals surface area contributed by atoms with Crippen molar-refractivity contribution in [1.29, 1.82) is 0 Å². The third-order valence-electron chi connectivity index (χ3n) is 2.58. The molecule has 0 aromatic heterocycles. The molecule has 0 saturated carbocycles. The molecule has 1 aromatic carbocycles. The molecule has 0 radical (unpaired) electrons. The molecular formula is C11H13NO2. The number of ether oxygens (including phenoxy) is 1. The molecule has 1 aliphatic heterocycles. The first-order valence-corrected chi connectivity index (χ1v) is 4.62. The first-order valence-electron chi connectivity index (χ1n) is 4.62. The van der Waals surface area contributed by atoms with Crippen molar-refractivity contribution < 1.29 is 9.53 Å². The molecule has 0 unspecified atom stereocenters. The minimum Gasteiger partial charge on any atom is -0.497 e. The van der Waals surface area contributed by atoms with Gasteiger partial charge in [-0.3, -0.25) is 4.79 Å². The average molecular weight is 191 g/mol. The van der Waals surface area contributed by atoms with Crippen LogP contribution >= 0.6 is 0 Å². The van der Waals surface area contributed by atoms with Crippen LogP contribution in [0.4, 0.5) is 0 Å². The summed E-state index contributed by atoms with van der Waals surface area (Å²) in [5.41, 5.74) is 2.42. The maximum Gasteiger partial charge on any atom is 0.220 e. The molecule has 74 valence electrons. The molecule has 1 amide bonds. The molecule has 0 aliphatic carbocycles. The zero-order valence-corrected chi connectivity index (χ0v) is 8.41. The highest BCUT2D eigenvalue weighted by Crippen LogP contribution is 2.26. The van der Waals surface area contributed by atoms with Gasteiger partial charge in [-0.1, -0.05) is 6.07 Å². The Bertz CT molecular complexity index is 374. The Labute approximate surface area is 83.3 Å². The standard InChI is InChI=1S/C11H13NO2/c1-8(13)12-6-9-3-4-11(14-2)5-10(9)7-12/h3-5H,6-7H2,1-2H3. The van der Waals surface area contributed by atoms with Gasteiger partial charge < -0.3 is 9.64 Å². The summed E-state index contributed by atoms with van der Waals surface area (Å²) in [6.45, 7) is 3.04. The van der Waals surface area contributed by atoms with Crippen molar-refractivity contribution in [1.82, 2.24) is 4.90 Å². The fourth-order valence-electron chi connectivity index (χ4n) is 1.72. The van der Waals surface area contributed by atoms with Crippen molar-refractivity contribution in [2.24, 2.45) is 0 Å². The Hall–Kier alpha value is -1.51. The van der Waals surface area contributed by atoms with E-state index in [1.165, 1.54) is 11.1 Å². The maximum absolute atomic E-state index is 11.2. The number of carbonyl (C=O) groups excluding carboxylic acids is 1. The van der Waals surface area contributed by atoms with E-state index < -0.39 is 0 Å². The number of nitrogens with zero attached hydrogens (tertiary/aromatic N) is 1. The molecule has 14 heavy (non-hydrogen) atoms. The lowest BCUT2D eigenvalue weighted by Gasteiger charge is -2.10. The highest BCUT2D eigenvalue weighted by molar-refractivity contribution is 5.74. The largest absolute Gasteiger partial charge is 0.497 e. The Balaban J connectivity index is 2.27. The number of hydrogen-bond acceptors (Lipinski definition) is 2. The van der Waals surface area contributed by atoms with E-state index in [0.717, 1.165) is 12.3 Å². The zero-order chi connectivity index (χ0) is 10.1. The van der Waals surface area contributed by atoms with Gasteiger partial charge in [-0.2, -0.15) is 0 Å².